The number of aromatic nitrogens is 2. The molecule has 0 atom stereocenters. The minimum atomic E-state index is 0.00660. The standard InChI is InChI=1S/C22H19N3O2/c1-15(26)25-14-19-13-23-20(18-9-10-22(27-2)24-12-18)11-17(19)8-7-16-5-3-4-6-21(16)25/h3-13H,14H2,1-2H3. The Bertz CT molecular complexity index is 1030. The van der Waals surface area contributed by atoms with Gasteiger partial charge in [-0.05, 0) is 34.9 Å². The summed E-state index contributed by atoms with van der Waals surface area (Å²) < 4.78 is 5.11. The van der Waals surface area contributed by atoms with Gasteiger partial charge in [-0.1, -0.05) is 30.4 Å². The van der Waals surface area contributed by atoms with Crippen molar-refractivity contribution in [3.05, 3.63) is 71.5 Å². The van der Waals surface area contributed by atoms with Crippen LogP contribution in [0.25, 0.3) is 23.4 Å². The minimum Gasteiger partial charge on any atom is -0.481 e. The number of pyridine rings is 2. The highest BCUT2D eigenvalue weighted by Crippen LogP contribution is 2.30. The third kappa shape index (κ3) is 3.31. The van der Waals surface area contributed by atoms with Crippen molar-refractivity contribution in [1.29, 1.82) is 0 Å². The topological polar surface area (TPSA) is 55.3 Å². The molecular formula is C22H19N3O2. The first kappa shape index (κ1) is 17.0. The van der Waals surface area contributed by atoms with Crippen LogP contribution in [-0.4, -0.2) is 23.0 Å². The average molecular weight is 357 g/mol. The first-order valence-corrected chi connectivity index (χ1v) is 8.70. The SMILES string of the molecule is COc1ccc(-c2cc3c(cn2)CN(C(C)=O)c2ccccc2C=C3)cn1. The molecule has 2 aromatic heterocycles. The van der Waals surface area contributed by atoms with Gasteiger partial charge in [0.05, 0.1) is 25.0 Å². The van der Waals surface area contributed by atoms with E-state index in [-0.39, 0.29) is 5.91 Å². The number of rotatable bonds is 2. The lowest BCUT2D eigenvalue weighted by atomic mass is 10.0. The number of para-hydroxylation sites is 1. The van der Waals surface area contributed by atoms with E-state index in [1.807, 2.05) is 54.7 Å². The molecule has 3 aromatic rings. The summed E-state index contributed by atoms with van der Waals surface area (Å²) in [6, 6.07) is 13.7. The molecule has 5 heteroatoms. The molecule has 134 valence electrons. The highest BCUT2D eigenvalue weighted by molar-refractivity contribution is 5.95. The van der Waals surface area contributed by atoms with Crippen molar-refractivity contribution in [1.82, 2.24) is 9.97 Å². The molecule has 0 fully saturated rings. The number of hydrogen-bond acceptors (Lipinski definition) is 4. The second-order valence-electron chi connectivity index (χ2n) is 6.35. The molecule has 0 aliphatic carbocycles. The molecule has 3 heterocycles. The van der Waals surface area contributed by atoms with E-state index in [4.69, 9.17) is 4.74 Å². The summed E-state index contributed by atoms with van der Waals surface area (Å²) in [6.45, 7) is 2.08. The van der Waals surface area contributed by atoms with Crippen molar-refractivity contribution >= 4 is 23.7 Å². The Morgan fingerprint density at radius 3 is 2.59 bits per heavy atom. The van der Waals surface area contributed by atoms with Gasteiger partial charge in [-0.15, -0.1) is 0 Å². The van der Waals surface area contributed by atoms with Crippen LogP contribution < -0.4 is 9.64 Å². The highest BCUT2D eigenvalue weighted by atomic mass is 16.5. The molecule has 27 heavy (non-hydrogen) atoms. The van der Waals surface area contributed by atoms with E-state index in [0.717, 1.165) is 33.6 Å². The van der Waals surface area contributed by atoms with Crippen molar-refractivity contribution in [2.75, 3.05) is 12.0 Å². The third-order valence-corrected chi connectivity index (χ3v) is 4.64. The van der Waals surface area contributed by atoms with Gasteiger partial charge in [0.15, 0.2) is 0 Å². The largest absolute Gasteiger partial charge is 0.481 e. The number of carbonyl (C=O) groups excluding carboxylic acids is 1. The lowest BCUT2D eigenvalue weighted by Crippen LogP contribution is -2.29. The molecule has 5 nitrogen and oxygen atoms in total. The summed E-state index contributed by atoms with van der Waals surface area (Å²) >= 11 is 0. The summed E-state index contributed by atoms with van der Waals surface area (Å²) in [5.41, 5.74) is 5.71. The van der Waals surface area contributed by atoms with Gasteiger partial charge in [0.2, 0.25) is 11.8 Å². The van der Waals surface area contributed by atoms with Gasteiger partial charge >= 0.3 is 0 Å². The van der Waals surface area contributed by atoms with Crippen molar-refractivity contribution in [3.8, 4) is 17.1 Å². The molecule has 4 rings (SSSR count). The third-order valence-electron chi connectivity index (χ3n) is 4.64. The maximum absolute atomic E-state index is 12.2. The van der Waals surface area contributed by atoms with Gasteiger partial charge in [-0.2, -0.15) is 0 Å². The highest BCUT2D eigenvalue weighted by Gasteiger charge is 2.18. The number of benzene rings is 1. The molecule has 1 aliphatic heterocycles. The molecule has 0 bridgehead atoms. The average Bonchev–Trinajstić information content (AvgIpc) is 2.69. The maximum Gasteiger partial charge on any atom is 0.224 e. The van der Waals surface area contributed by atoms with Crippen LogP contribution in [-0.2, 0) is 11.3 Å². The quantitative estimate of drug-likeness (QED) is 0.690. The van der Waals surface area contributed by atoms with Crippen LogP contribution in [0.2, 0.25) is 0 Å². The van der Waals surface area contributed by atoms with E-state index in [9.17, 15) is 4.79 Å². The number of nitrogens with zero attached hydrogens (tertiary/aromatic N) is 3. The number of anilines is 1. The molecule has 0 saturated carbocycles. The van der Waals surface area contributed by atoms with Gasteiger partial charge in [0, 0.05) is 30.9 Å². The molecule has 0 radical (unpaired) electrons. The Morgan fingerprint density at radius 1 is 1.04 bits per heavy atom. The molecule has 0 N–H and O–H groups in total. The fraction of sp³-hybridized carbons (Fsp3) is 0.136. The number of hydrogen-bond donors (Lipinski definition) is 0. The number of carbonyl (C=O) groups is 1. The molecule has 1 amide bonds. The van der Waals surface area contributed by atoms with E-state index in [0.29, 0.717) is 12.4 Å². The van der Waals surface area contributed by atoms with Crippen LogP contribution in [0.3, 0.4) is 0 Å². The van der Waals surface area contributed by atoms with E-state index in [1.165, 1.54) is 0 Å². The van der Waals surface area contributed by atoms with Crippen molar-refractivity contribution < 1.29 is 9.53 Å². The Kier molecular flexibility index (Phi) is 4.42. The van der Waals surface area contributed by atoms with Gasteiger partial charge < -0.3 is 9.64 Å². The molecule has 0 saturated heterocycles. The zero-order valence-electron chi connectivity index (χ0n) is 15.2. The number of fused-ring (bicyclic) bond motifs is 2. The summed E-state index contributed by atoms with van der Waals surface area (Å²) in [6.07, 6.45) is 7.70. The minimum absolute atomic E-state index is 0.00660. The first-order valence-electron chi connectivity index (χ1n) is 8.70. The van der Waals surface area contributed by atoms with Gasteiger partial charge in [0.25, 0.3) is 0 Å². The normalized spacial score (nSPS) is 12.6. The van der Waals surface area contributed by atoms with E-state index in [2.05, 4.69) is 16.0 Å². The Labute approximate surface area is 158 Å². The van der Waals surface area contributed by atoms with Crippen LogP contribution in [0.15, 0.2) is 54.9 Å². The van der Waals surface area contributed by atoms with E-state index >= 15 is 0 Å². The monoisotopic (exact) mass is 357 g/mol. The zero-order valence-corrected chi connectivity index (χ0v) is 15.2. The molecule has 1 aromatic carbocycles. The summed E-state index contributed by atoms with van der Waals surface area (Å²) in [4.78, 5) is 22.9. The van der Waals surface area contributed by atoms with Crippen LogP contribution in [0.4, 0.5) is 5.69 Å². The molecule has 0 unspecified atom stereocenters. The summed E-state index contributed by atoms with van der Waals surface area (Å²) in [5.74, 6) is 0.575. The Hall–Kier alpha value is -3.47. The summed E-state index contributed by atoms with van der Waals surface area (Å²) in [5, 5.41) is 0. The van der Waals surface area contributed by atoms with Crippen molar-refractivity contribution in [2.45, 2.75) is 13.5 Å². The van der Waals surface area contributed by atoms with Crippen LogP contribution in [0, 0.1) is 0 Å². The molecule has 0 spiro atoms. The van der Waals surface area contributed by atoms with Crippen LogP contribution in [0.1, 0.15) is 23.6 Å². The zero-order chi connectivity index (χ0) is 18.8. The van der Waals surface area contributed by atoms with Gasteiger partial charge in [-0.3, -0.25) is 9.78 Å². The Morgan fingerprint density at radius 2 is 1.85 bits per heavy atom. The smallest absolute Gasteiger partial charge is 0.224 e. The van der Waals surface area contributed by atoms with Gasteiger partial charge in [0.1, 0.15) is 0 Å². The Balaban J connectivity index is 1.78. The fourth-order valence-corrected chi connectivity index (χ4v) is 3.19. The maximum atomic E-state index is 12.2. The second-order valence-corrected chi connectivity index (χ2v) is 6.35. The predicted octanol–water partition coefficient (Wildman–Crippen LogP) is 4.19. The van der Waals surface area contributed by atoms with Gasteiger partial charge in [-0.25, -0.2) is 4.98 Å². The fourth-order valence-electron chi connectivity index (χ4n) is 3.19. The lowest BCUT2D eigenvalue weighted by molar-refractivity contribution is -0.116. The van der Waals surface area contributed by atoms with E-state index in [1.54, 1.807) is 25.1 Å². The number of ether oxygens (including phenoxy) is 1. The predicted molar refractivity (Wildman–Crippen MR) is 106 cm³/mol. The first-order chi connectivity index (χ1) is 13.2. The molecular weight excluding hydrogens is 338 g/mol. The van der Waals surface area contributed by atoms with Crippen molar-refractivity contribution in [3.63, 3.8) is 0 Å². The second kappa shape index (κ2) is 7.03. The molecule has 1 aliphatic rings. The number of amides is 1. The number of methoxy groups -OCH3 is 1. The van der Waals surface area contributed by atoms with Crippen molar-refractivity contribution in [2.24, 2.45) is 0 Å². The van der Waals surface area contributed by atoms with Crippen LogP contribution >= 0.6 is 0 Å². The van der Waals surface area contributed by atoms with E-state index < -0.39 is 0 Å². The summed E-state index contributed by atoms with van der Waals surface area (Å²) in [7, 11) is 1.59. The lowest BCUT2D eigenvalue weighted by Gasteiger charge is -2.25. The van der Waals surface area contributed by atoms with Crippen LogP contribution in [0.5, 0.6) is 5.88 Å².